The summed E-state index contributed by atoms with van der Waals surface area (Å²) in [7, 11) is 2.10. The van der Waals surface area contributed by atoms with Crippen molar-refractivity contribution in [1.82, 2.24) is 20.2 Å². The van der Waals surface area contributed by atoms with Crippen LogP contribution in [0.4, 0.5) is 5.95 Å². The van der Waals surface area contributed by atoms with E-state index in [0.29, 0.717) is 23.8 Å². The maximum Gasteiger partial charge on any atom is 0.254 e. The highest BCUT2D eigenvalue weighted by molar-refractivity contribution is 5.93. The fraction of sp³-hybridized carbons (Fsp3) is 0.389. The Morgan fingerprint density at radius 2 is 1.85 bits per heavy atom. The first-order valence-corrected chi connectivity index (χ1v) is 8.61. The van der Waals surface area contributed by atoms with Crippen molar-refractivity contribution in [3.05, 3.63) is 41.7 Å². The molecule has 0 atom stereocenters. The standard InChI is InChI=1S/C18H21N5O3/c1-22-4-6-23(7-5-22)18-20-10-14(11-21-18)17(24)19-9-13-2-3-15-16(8-13)26-12-25-15/h2-3,8,10-11H,4-7,9,12H2,1H3,(H,19,24). The van der Waals surface area contributed by atoms with Gasteiger partial charge in [0.1, 0.15) is 0 Å². The number of hydrogen-bond acceptors (Lipinski definition) is 7. The second kappa shape index (κ2) is 7.17. The fourth-order valence-corrected chi connectivity index (χ4v) is 2.94. The Morgan fingerprint density at radius 1 is 1.12 bits per heavy atom. The topological polar surface area (TPSA) is 79.8 Å². The SMILES string of the molecule is CN1CCN(c2ncc(C(=O)NCc3ccc4c(c3)OCO4)cn2)CC1. The average molecular weight is 355 g/mol. The van der Waals surface area contributed by atoms with E-state index < -0.39 is 0 Å². The maximum atomic E-state index is 12.3. The lowest BCUT2D eigenvalue weighted by Crippen LogP contribution is -2.45. The molecule has 0 spiro atoms. The largest absolute Gasteiger partial charge is 0.454 e. The van der Waals surface area contributed by atoms with Crippen molar-refractivity contribution in [3.8, 4) is 11.5 Å². The third-order valence-corrected chi connectivity index (χ3v) is 4.58. The number of aromatic nitrogens is 2. The van der Waals surface area contributed by atoms with Crippen LogP contribution in [0.25, 0.3) is 0 Å². The summed E-state index contributed by atoms with van der Waals surface area (Å²) < 4.78 is 10.6. The molecule has 0 aliphatic carbocycles. The predicted molar refractivity (Wildman–Crippen MR) is 95.5 cm³/mol. The molecule has 1 N–H and O–H groups in total. The van der Waals surface area contributed by atoms with Gasteiger partial charge in [-0.15, -0.1) is 0 Å². The van der Waals surface area contributed by atoms with E-state index in [1.165, 1.54) is 0 Å². The number of anilines is 1. The number of hydrogen-bond donors (Lipinski definition) is 1. The summed E-state index contributed by atoms with van der Waals surface area (Å²) in [5.41, 5.74) is 1.39. The molecule has 0 unspecified atom stereocenters. The number of nitrogens with zero attached hydrogens (tertiary/aromatic N) is 4. The van der Waals surface area contributed by atoms with E-state index in [2.05, 4.69) is 32.1 Å². The van der Waals surface area contributed by atoms with Crippen LogP contribution in [-0.2, 0) is 6.54 Å². The molecule has 8 nitrogen and oxygen atoms in total. The highest BCUT2D eigenvalue weighted by Gasteiger charge is 2.17. The number of carbonyl (C=O) groups excluding carboxylic acids is 1. The van der Waals surface area contributed by atoms with Crippen LogP contribution in [0.5, 0.6) is 11.5 Å². The third kappa shape index (κ3) is 3.55. The Labute approximate surface area is 151 Å². The van der Waals surface area contributed by atoms with Gasteiger partial charge in [0.05, 0.1) is 5.56 Å². The van der Waals surface area contributed by atoms with Crippen molar-refractivity contribution in [1.29, 1.82) is 0 Å². The number of benzene rings is 1. The first kappa shape index (κ1) is 16.6. The van der Waals surface area contributed by atoms with Gasteiger partial charge in [0.15, 0.2) is 11.5 Å². The molecule has 3 heterocycles. The minimum Gasteiger partial charge on any atom is -0.454 e. The third-order valence-electron chi connectivity index (χ3n) is 4.58. The number of carbonyl (C=O) groups is 1. The normalized spacial score (nSPS) is 16.6. The quantitative estimate of drug-likeness (QED) is 0.872. The van der Waals surface area contributed by atoms with Crippen molar-refractivity contribution >= 4 is 11.9 Å². The van der Waals surface area contributed by atoms with Crippen LogP contribution in [0.1, 0.15) is 15.9 Å². The van der Waals surface area contributed by atoms with Gasteiger partial charge >= 0.3 is 0 Å². The Hall–Kier alpha value is -2.87. The highest BCUT2D eigenvalue weighted by Crippen LogP contribution is 2.32. The zero-order valence-corrected chi connectivity index (χ0v) is 14.6. The predicted octanol–water partition coefficient (Wildman–Crippen LogP) is 0.887. The molecule has 2 aromatic rings. The number of rotatable bonds is 4. The van der Waals surface area contributed by atoms with Gasteiger partial charge in [-0.25, -0.2) is 9.97 Å². The Kier molecular flexibility index (Phi) is 4.57. The van der Waals surface area contributed by atoms with Gasteiger partial charge in [0.25, 0.3) is 5.91 Å². The molecule has 8 heteroatoms. The monoisotopic (exact) mass is 355 g/mol. The van der Waals surface area contributed by atoms with Crippen LogP contribution < -0.4 is 19.7 Å². The van der Waals surface area contributed by atoms with Crippen LogP contribution in [-0.4, -0.2) is 60.8 Å². The number of ether oxygens (including phenoxy) is 2. The molecule has 136 valence electrons. The molecule has 1 fully saturated rings. The highest BCUT2D eigenvalue weighted by atomic mass is 16.7. The molecule has 0 saturated carbocycles. The van der Waals surface area contributed by atoms with Crippen LogP contribution in [0, 0.1) is 0 Å². The van der Waals surface area contributed by atoms with Gasteiger partial charge in [0.2, 0.25) is 12.7 Å². The van der Waals surface area contributed by atoms with E-state index in [9.17, 15) is 4.79 Å². The maximum absolute atomic E-state index is 12.3. The molecule has 2 aliphatic rings. The average Bonchev–Trinajstić information content (AvgIpc) is 3.15. The summed E-state index contributed by atoms with van der Waals surface area (Å²) in [6, 6.07) is 5.62. The number of nitrogens with one attached hydrogen (secondary N) is 1. The first-order valence-electron chi connectivity index (χ1n) is 8.61. The van der Waals surface area contributed by atoms with Crippen LogP contribution in [0.15, 0.2) is 30.6 Å². The van der Waals surface area contributed by atoms with Gasteiger partial charge < -0.3 is 24.6 Å². The van der Waals surface area contributed by atoms with E-state index in [0.717, 1.165) is 37.5 Å². The Balaban J connectivity index is 1.34. The second-order valence-electron chi connectivity index (χ2n) is 6.43. The number of piperazine rings is 1. The lowest BCUT2D eigenvalue weighted by molar-refractivity contribution is 0.0950. The van der Waals surface area contributed by atoms with Crippen molar-refractivity contribution in [2.24, 2.45) is 0 Å². The van der Waals surface area contributed by atoms with Gasteiger partial charge in [-0.1, -0.05) is 6.07 Å². The van der Waals surface area contributed by atoms with E-state index in [4.69, 9.17) is 9.47 Å². The van der Waals surface area contributed by atoms with Gasteiger partial charge in [-0.2, -0.15) is 0 Å². The van der Waals surface area contributed by atoms with Crippen LogP contribution in [0.2, 0.25) is 0 Å². The molecular weight excluding hydrogens is 334 g/mol. The van der Waals surface area contributed by atoms with E-state index >= 15 is 0 Å². The van der Waals surface area contributed by atoms with E-state index in [1.54, 1.807) is 12.4 Å². The number of amides is 1. The van der Waals surface area contributed by atoms with Crippen LogP contribution in [0.3, 0.4) is 0 Å². The van der Waals surface area contributed by atoms with E-state index in [-0.39, 0.29) is 12.7 Å². The van der Waals surface area contributed by atoms with Gasteiger partial charge in [0, 0.05) is 45.1 Å². The fourth-order valence-electron chi connectivity index (χ4n) is 2.94. The minimum absolute atomic E-state index is 0.201. The summed E-state index contributed by atoms with van der Waals surface area (Å²) in [6.45, 7) is 4.40. The number of fused-ring (bicyclic) bond motifs is 1. The molecule has 1 saturated heterocycles. The molecule has 4 rings (SSSR count). The smallest absolute Gasteiger partial charge is 0.254 e. The first-order chi connectivity index (χ1) is 12.7. The van der Waals surface area contributed by atoms with Gasteiger partial charge in [-0.05, 0) is 24.7 Å². The number of likely N-dealkylation sites (N-methyl/N-ethyl adjacent to an activating group) is 1. The molecule has 1 aromatic carbocycles. The van der Waals surface area contributed by atoms with Crippen LogP contribution >= 0.6 is 0 Å². The lowest BCUT2D eigenvalue weighted by atomic mass is 10.2. The van der Waals surface area contributed by atoms with E-state index in [1.807, 2.05) is 18.2 Å². The van der Waals surface area contributed by atoms with Crippen molar-refractivity contribution < 1.29 is 14.3 Å². The van der Waals surface area contributed by atoms with Gasteiger partial charge in [-0.3, -0.25) is 4.79 Å². The molecule has 1 amide bonds. The molecular formula is C18H21N5O3. The Morgan fingerprint density at radius 3 is 2.62 bits per heavy atom. The zero-order valence-electron chi connectivity index (χ0n) is 14.6. The lowest BCUT2D eigenvalue weighted by Gasteiger charge is -2.32. The molecule has 1 aromatic heterocycles. The summed E-state index contributed by atoms with van der Waals surface area (Å²) in [4.78, 5) is 25.4. The second-order valence-corrected chi connectivity index (χ2v) is 6.43. The summed E-state index contributed by atoms with van der Waals surface area (Å²) in [6.07, 6.45) is 3.16. The molecule has 26 heavy (non-hydrogen) atoms. The summed E-state index contributed by atoms with van der Waals surface area (Å²) in [5, 5.41) is 2.88. The Bertz CT molecular complexity index is 788. The zero-order chi connectivity index (χ0) is 17.9. The summed E-state index contributed by atoms with van der Waals surface area (Å²) >= 11 is 0. The molecule has 2 aliphatic heterocycles. The van der Waals surface area contributed by atoms with Crippen molar-refractivity contribution in [3.63, 3.8) is 0 Å². The summed E-state index contributed by atoms with van der Waals surface area (Å²) in [5.74, 6) is 1.91. The molecule has 0 radical (unpaired) electrons. The molecule has 0 bridgehead atoms. The van der Waals surface area contributed by atoms with Crippen molar-refractivity contribution in [2.45, 2.75) is 6.54 Å². The van der Waals surface area contributed by atoms with Crippen molar-refractivity contribution in [2.75, 3.05) is 44.9 Å². The minimum atomic E-state index is -0.201.